The second kappa shape index (κ2) is 2.92. The zero-order valence-corrected chi connectivity index (χ0v) is 8.44. The molecule has 1 aromatic heterocycles. The van der Waals surface area contributed by atoms with Crippen LogP contribution in [-0.2, 0) is 0 Å². The third-order valence-corrected chi connectivity index (χ3v) is 2.81. The molecular weight excluding hydrogens is 258 g/mol. The van der Waals surface area contributed by atoms with E-state index in [-0.39, 0.29) is 5.69 Å². The first-order valence-corrected chi connectivity index (χ1v) is 4.19. The smallest absolute Gasteiger partial charge is 0.168 e. The van der Waals surface area contributed by atoms with Gasteiger partial charge in [-0.25, -0.2) is 4.39 Å². The predicted octanol–water partition coefficient (Wildman–Crippen LogP) is 2.02. The molecule has 1 rings (SSSR count). The molecule has 1 heterocycles. The fourth-order valence-electron chi connectivity index (χ4n) is 0.836. The molecule has 2 N–H and O–H groups in total. The van der Waals surface area contributed by atoms with Crippen LogP contribution in [0.1, 0.15) is 11.4 Å². The molecule has 0 aliphatic carbocycles. The number of hydrogen-bond donors (Lipinski definition) is 1. The van der Waals surface area contributed by atoms with Crippen LogP contribution in [0.2, 0.25) is 0 Å². The van der Waals surface area contributed by atoms with Crippen LogP contribution in [0.5, 0.6) is 0 Å². The Labute approximate surface area is 78.1 Å². The molecule has 0 unspecified atom stereocenters. The van der Waals surface area contributed by atoms with Crippen molar-refractivity contribution in [2.24, 2.45) is 0 Å². The topological polar surface area (TPSA) is 38.9 Å². The van der Waals surface area contributed by atoms with E-state index in [0.29, 0.717) is 9.26 Å². The molecule has 0 fully saturated rings. The third kappa shape index (κ3) is 1.45. The zero-order valence-electron chi connectivity index (χ0n) is 6.28. The van der Waals surface area contributed by atoms with E-state index in [1.807, 2.05) is 29.5 Å². The minimum Gasteiger partial charge on any atom is -0.395 e. The van der Waals surface area contributed by atoms with Crippen LogP contribution in [-0.4, -0.2) is 4.98 Å². The Hall–Kier alpha value is -0.390. The monoisotopic (exact) mass is 266 g/mol. The van der Waals surface area contributed by atoms with Crippen molar-refractivity contribution in [3.63, 3.8) is 0 Å². The summed E-state index contributed by atoms with van der Waals surface area (Å²) in [5.74, 6) is -0.403. The van der Waals surface area contributed by atoms with Crippen molar-refractivity contribution in [1.82, 2.24) is 4.98 Å². The van der Waals surface area contributed by atoms with Crippen molar-refractivity contribution >= 4 is 28.3 Å². The summed E-state index contributed by atoms with van der Waals surface area (Å²) in [4.78, 5) is 3.97. The highest BCUT2D eigenvalue weighted by Crippen LogP contribution is 2.22. The lowest BCUT2D eigenvalue weighted by Gasteiger charge is -2.04. The average Bonchev–Trinajstić information content (AvgIpc) is 1.97. The van der Waals surface area contributed by atoms with E-state index < -0.39 is 5.82 Å². The molecule has 0 saturated carbocycles. The van der Waals surface area contributed by atoms with Crippen LogP contribution in [0, 0.1) is 23.2 Å². The summed E-state index contributed by atoms with van der Waals surface area (Å²) < 4.78 is 13.7. The van der Waals surface area contributed by atoms with Gasteiger partial charge in [0.25, 0.3) is 0 Å². The van der Waals surface area contributed by atoms with Gasteiger partial charge in [0.1, 0.15) is 0 Å². The molecule has 60 valence electrons. The zero-order chi connectivity index (χ0) is 8.59. The molecule has 0 aliphatic rings. The van der Waals surface area contributed by atoms with Gasteiger partial charge in [-0.2, -0.15) is 0 Å². The molecule has 0 aromatic carbocycles. The van der Waals surface area contributed by atoms with Gasteiger partial charge in [0.05, 0.1) is 20.6 Å². The number of aryl methyl sites for hydroxylation is 2. The first-order chi connectivity index (χ1) is 5.04. The Balaban J connectivity index is 3.46. The number of anilines is 1. The lowest BCUT2D eigenvalue weighted by Crippen LogP contribution is -2.02. The second-order valence-electron chi connectivity index (χ2n) is 2.32. The Morgan fingerprint density at radius 1 is 1.36 bits per heavy atom. The quantitative estimate of drug-likeness (QED) is 0.729. The van der Waals surface area contributed by atoms with Crippen LogP contribution in [0.15, 0.2) is 0 Å². The number of hydrogen-bond acceptors (Lipinski definition) is 2. The Morgan fingerprint density at radius 3 is 2.45 bits per heavy atom. The van der Waals surface area contributed by atoms with Gasteiger partial charge in [0.2, 0.25) is 0 Å². The molecule has 0 radical (unpaired) electrons. The average molecular weight is 266 g/mol. The summed E-state index contributed by atoms with van der Waals surface area (Å²) in [5, 5.41) is 0. The maximum Gasteiger partial charge on any atom is 0.168 e. The van der Waals surface area contributed by atoms with E-state index in [2.05, 4.69) is 4.98 Å². The molecule has 11 heavy (non-hydrogen) atoms. The molecule has 0 saturated heterocycles. The molecule has 0 spiro atoms. The van der Waals surface area contributed by atoms with E-state index >= 15 is 0 Å². The molecule has 0 bridgehead atoms. The van der Waals surface area contributed by atoms with Crippen molar-refractivity contribution in [2.75, 3.05) is 5.73 Å². The molecule has 2 nitrogen and oxygen atoms in total. The number of nitrogens with zero attached hydrogens (tertiary/aromatic N) is 1. The highest BCUT2D eigenvalue weighted by atomic mass is 127. The van der Waals surface area contributed by atoms with Crippen LogP contribution in [0.3, 0.4) is 0 Å². The summed E-state index contributed by atoms with van der Waals surface area (Å²) in [6, 6.07) is 0. The number of rotatable bonds is 0. The van der Waals surface area contributed by atoms with Crippen LogP contribution in [0.4, 0.5) is 10.1 Å². The second-order valence-corrected chi connectivity index (χ2v) is 3.40. The molecule has 0 atom stereocenters. The SMILES string of the molecule is Cc1nc(C)c(I)c(N)c1F. The summed E-state index contributed by atoms with van der Waals surface area (Å²) in [5.41, 5.74) is 6.81. The van der Waals surface area contributed by atoms with Crippen molar-refractivity contribution < 1.29 is 4.39 Å². The Kier molecular flexibility index (Phi) is 2.31. The predicted molar refractivity (Wildman–Crippen MR) is 50.8 cm³/mol. The number of aromatic nitrogens is 1. The van der Waals surface area contributed by atoms with Gasteiger partial charge in [-0.15, -0.1) is 0 Å². The molecule has 4 heteroatoms. The molecule has 1 aromatic rings. The fraction of sp³-hybridized carbons (Fsp3) is 0.286. The van der Waals surface area contributed by atoms with Crippen LogP contribution in [0.25, 0.3) is 0 Å². The summed E-state index contributed by atoms with van der Waals surface area (Å²) in [6.45, 7) is 3.42. The highest BCUT2D eigenvalue weighted by molar-refractivity contribution is 14.1. The standard InChI is InChI=1S/C7H8FIN2/c1-3-5(8)7(10)6(9)4(2)11-3/h1-2H3,(H2,10,11). The Morgan fingerprint density at radius 2 is 1.91 bits per heavy atom. The lowest BCUT2D eigenvalue weighted by atomic mass is 10.3. The molecular formula is C7H8FIN2. The van der Waals surface area contributed by atoms with E-state index in [4.69, 9.17) is 5.73 Å². The summed E-state index contributed by atoms with van der Waals surface area (Å²) >= 11 is 1.98. The lowest BCUT2D eigenvalue weighted by molar-refractivity contribution is 0.612. The van der Waals surface area contributed by atoms with Gasteiger partial charge in [-0.3, -0.25) is 4.98 Å². The van der Waals surface area contributed by atoms with E-state index in [1.54, 1.807) is 6.92 Å². The number of nitrogens with two attached hydrogens (primary N) is 1. The summed E-state index contributed by atoms with van der Waals surface area (Å²) in [6.07, 6.45) is 0. The maximum absolute atomic E-state index is 13.0. The van der Waals surface area contributed by atoms with E-state index in [1.165, 1.54) is 0 Å². The summed E-state index contributed by atoms with van der Waals surface area (Å²) in [7, 11) is 0. The molecule has 0 aliphatic heterocycles. The van der Waals surface area contributed by atoms with Crippen molar-refractivity contribution in [3.8, 4) is 0 Å². The van der Waals surface area contributed by atoms with E-state index in [9.17, 15) is 4.39 Å². The van der Waals surface area contributed by atoms with Crippen molar-refractivity contribution in [2.45, 2.75) is 13.8 Å². The Bertz CT molecular complexity index is 273. The van der Waals surface area contributed by atoms with Crippen LogP contribution >= 0.6 is 22.6 Å². The van der Waals surface area contributed by atoms with Gasteiger partial charge in [0.15, 0.2) is 5.82 Å². The van der Waals surface area contributed by atoms with Gasteiger partial charge in [0, 0.05) is 0 Å². The van der Waals surface area contributed by atoms with Crippen molar-refractivity contribution in [1.29, 1.82) is 0 Å². The van der Waals surface area contributed by atoms with E-state index in [0.717, 1.165) is 5.69 Å². The fourth-order valence-corrected chi connectivity index (χ4v) is 1.19. The normalized spacial score (nSPS) is 10.2. The van der Waals surface area contributed by atoms with Crippen LogP contribution < -0.4 is 5.73 Å². The highest BCUT2D eigenvalue weighted by Gasteiger charge is 2.09. The minimum atomic E-state index is -0.403. The largest absolute Gasteiger partial charge is 0.395 e. The number of halogens is 2. The third-order valence-electron chi connectivity index (χ3n) is 1.44. The minimum absolute atomic E-state index is 0.204. The first-order valence-electron chi connectivity index (χ1n) is 3.11. The maximum atomic E-state index is 13.0. The molecule has 0 amide bonds. The first kappa shape index (κ1) is 8.70. The van der Waals surface area contributed by atoms with Gasteiger partial charge < -0.3 is 5.73 Å². The number of pyridine rings is 1. The van der Waals surface area contributed by atoms with Gasteiger partial charge in [-0.1, -0.05) is 0 Å². The van der Waals surface area contributed by atoms with Gasteiger partial charge in [-0.05, 0) is 36.4 Å². The van der Waals surface area contributed by atoms with Crippen molar-refractivity contribution in [3.05, 3.63) is 20.8 Å². The number of nitrogen functional groups attached to an aromatic ring is 1. The van der Waals surface area contributed by atoms with Gasteiger partial charge >= 0.3 is 0 Å².